The first kappa shape index (κ1) is 15.7. The summed E-state index contributed by atoms with van der Waals surface area (Å²) in [5.74, 6) is 0.447. The summed E-state index contributed by atoms with van der Waals surface area (Å²) in [5.41, 5.74) is 1.01. The highest BCUT2D eigenvalue weighted by molar-refractivity contribution is 6.30. The van der Waals surface area contributed by atoms with Crippen LogP contribution in [0.1, 0.15) is 31.7 Å². The number of benzene rings is 1. The Morgan fingerprint density at radius 2 is 2.10 bits per heavy atom. The Morgan fingerprint density at radius 3 is 2.75 bits per heavy atom. The smallest absolute Gasteiger partial charge is 0.142 e. The molecular weight excluding hydrogens is 275 g/mol. The molecule has 20 heavy (non-hydrogen) atoms. The van der Waals surface area contributed by atoms with E-state index in [4.69, 9.17) is 11.6 Å². The molecule has 0 bridgehead atoms. The zero-order chi connectivity index (χ0) is 14.4. The second-order valence-corrected chi connectivity index (χ2v) is 6.08. The Bertz CT molecular complexity index is 419. The summed E-state index contributed by atoms with van der Waals surface area (Å²) in [4.78, 5) is 2.44. The minimum atomic E-state index is -0.317. The van der Waals surface area contributed by atoms with Crippen LogP contribution in [0.15, 0.2) is 18.2 Å². The van der Waals surface area contributed by atoms with Crippen LogP contribution in [0.2, 0.25) is 5.02 Å². The molecular formula is C16H24ClFN2. The first-order chi connectivity index (χ1) is 9.69. The van der Waals surface area contributed by atoms with Crippen LogP contribution in [0.5, 0.6) is 0 Å². The molecule has 1 aromatic carbocycles. The van der Waals surface area contributed by atoms with Crippen LogP contribution in [-0.4, -0.2) is 31.1 Å². The second kappa shape index (κ2) is 7.96. The number of piperidine rings is 1. The van der Waals surface area contributed by atoms with Crippen molar-refractivity contribution in [1.29, 1.82) is 0 Å². The van der Waals surface area contributed by atoms with E-state index >= 15 is 0 Å². The Kier molecular flexibility index (Phi) is 6.27. The predicted octanol–water partition coefficient (Wildman–Crippen LogP) is 3.69. The Hall–Kier alpha value is -0.640. The monoisotopic (exact) mass is 298 g/mol. The molecule has 0 aromatic heterocycles. The average Bonchev–Trinajstić information content (AvgIpc) is 2.44. The molecule has 2 rings (SSSR count). The summed E-state index contributed by atoms with van der Waals surface area (Å²) in [6.07, 6.45) is 3.62. The topological polar surface area (TPSA) is 15.3 Å². The van der Waals surface area contributed by atoms with Crippen molar-refractivity contribution in [1.82, 2.24) is 10.2 Å². The third-order valence-corrected chi connectivity index (χ3v) is 4.21. The van der Waals surface area contributed by atoms with Gasteiger partial charge in [0, 0.05) is 13.1 Å². The van der Waals surface area contributed by atoms with Crippen molar-refractivity contribution >= 4 is 11.6 Å². The molecule has 0 unspecified atom stereocenters. The lowest BCUT2D eigenvalue weighted by Gasteiger charge is -2.30. The van der Waals surface area contributed by atoms with Gasteiger partial charge in [-0.3, -0.25) is 4.90 Å². The van der Waals surface area contributed by atoms with Gasteiger partial charge in [0.25, 0.3) is 0 Å². The zero-order valence-corrected chi connectivity index (χ0v) is 12.9. The van der Waals surface area contributed by atoms with Crippen molar-refractivity contribution in [3.8, 4) is 0 Å². The van der Waals surface area contributed by atoms with Crippen molar-refractivity contribution in [3.05, 3.63) is 34.6 Å². The van der Waals surface area contributed by atoms with Gasteiger partial charge in [0.1, 0.15) is 5.82 Å². The van der Waals surface area contributed by atoms with E-state index in [1.54, 1.807) is 12.1 Å². The molecule has 2 nitrogen and oxygen atoms in total. The van der Waals surface area contributed by atoms with Crippen molar-refractivity contribution < 1.29 is 4.39 Å². The molecule has 0 amide bonds. The van der Waals surface area contributed by atoms with Gasteiger partial charge in [-0.15, -0.1) is 0 Å². The first-order valence-electron chi connectivity index (χ1n) is 7.56. The van der Waals surface area contributed by atoms with Gasteiger partial charge in [-0.25, -0.2) is 4.39 Å². The van der Waals surface area contributed by atoms with Crippen LogP contribution in [0.25, 0.3) is 0 Å². The van der Waals surface area contributed by atoms with Crippen molar-refractivity contribution in [2.24, 2.45) is 5.92 Å². The second-order valence-electron chi connectivity index (χ2n) is 5.68. The fourth-order valence-electron chi connectivity index (χ4n) is 2.88. The highest BCUT2D eigenvalue weighted by Gasteiger charge is 2.17. The summed E-state index contributed by atoms with van der Waals surface area (Å²) in [6.45, 7) is 7.43. The zero-order valence-electron chi connectivity index (χ0n) is 12.2. The Labute approximate surface area is 126 Å². The van der Waals surface area contributed by atoms with Crippen molar-refractivity contribution in [2.75, 3.05) is 26.2 Å². The molecule has 0 radical (unpaired) electrons. The fourth-order valence-corrected chi connectivity index (χ4v) is 2.99. The molecule has 1 aromatic rings. The van der Waals surface area contributed by atoms with E-state index in [1.807, 2.05) is 6.07 Å². The third-order valence-electron chi connectivity index (χ3n) is 3.91. The summed E-state index contributed by atoms with van der Waals surface area (Å²) >= 11 is 5.74. The van der Waals surface area contributed by atoms with E-state index in [-0.39, 0.29) is 10.8 Å². The number of hydrogen-bond acceptors (Lipinski definition) is 2. The number of halogens is 2. The lowest BCUT2D eigenvalue weighted by molar-refractivity contribution is 0.198. The molecule has 1 saturated heterocycles. The minimum Gasteiger partial charge on any atom is -0.317 e. The normalized spacial score (nSPS) is 16.8. The largest absolute Gasteiger partial charge is 0.317 e. The number of hydrogen-bond donors (Lipinski definition) is 1. The van der Waals surface area contributed by atoms with Gasteiger partial charge in [-0.1, -0.05) is 24.6 Å². The van der Waals surface area contributed by atoms with Gasteiger partial charge in [0.2, 0.25) is 0 Å². The number of nitrogens with zero attached hydrogens (tertiary/aromatic N) is 1. The van der Waals surface area contributed by atoms with Crippen LogP contribution in [0, 0.1) is 11.7 Å². The van der Waals surface area contributed by atoms with Gasteiger partial charge in [0.05, 0.1) is 5.02 Å². The molecule has 4 heteroatoms. The summed E-state index contributed by atoms with van der Waals surface area (Å²) < 4.78 is 13.5. The van der Waals surface area contributed by atoms with Gasteiger partial charge < -0.3 is 5.32 Å². The van der Waals surface area contributed by atoms with Crippen molar-refractivity contribution in [3.63, 3.8) is 0 Å². The Balaban J connectivity index is 1.94. The maximum Gasteiger partial charge on any atom is 0.142 e. The molecule has 112 valence electrons. The molecule has 0 aliphatic carbocycles. The van der Waals surface area contributed by atoms with Gasteiger partial charge >= 0.3 is 0 Å². The van der Waals surface area contributed by atoms with Crippen LogP contribution >= 0.6 is 11.6 Å². The molecule has 1 aliphatic heterocycles. The summed E-state index contributed by atoms with van der Waals surface area (Å²) in [7, 11) is 0. The first-order valence-corrected chi connectivity index (χ1v) is 7.94. The summed E-state index contributed by atoms with van der Waals surface area (Å²) in [5, 5.41) is 3.60. The molecule has 0 spiro atoms. The maximum atomic E-state index is 13.5. The van der Waals surface area contributed by atoms with E-state index < -0.39 is 0 Å². The predicted molar refractivity (Wildman–Crippen MR) is 82.6 cm³/mol. The van der Waals surface area contributed by atoms with E-state index in [2.05, 4.69) is 17.1 Å². The minimum absolute atomic E-state index is 0.203. The molecule has 0 atom stereocenters. The van der Waals surface area contributed by atoms with E-state index in [9.17, 15) is 4.39 Å². The van der Waals surface area contributed by atoms with Gasteiger partial charge in [-0.2, -0.15) is 0 Å². The van der Waals surface area contributed by atoms with Crippen LogP contribution in [0.3, 0.4) is 0 Å². The van der Waals surface area contributed by atoms with Gasteiger partial charge in [-0.05, 0) is 62.5 Å². The molecule has 0 saturated carbocycles. The van der Waals surface area contributed by atoms with Crippen molar-refractivity contribution in [2.45, 2.75) is 32.7 Å². The average molecular weight is 299 g/mol. The number of nitrogens with one attached hydrogen (secondary N) is 1. The van der Waals surface area contributed by atoms with Crippen LogP contribution in [-0.2, 0) is 6.54 Å². The van der Waals surface area contributed by atoms with E-state index in [1.165, 1.54) is 12.8 Å². The molecule has 1 aliphatic rings. The lowest BCUT2D eigenvalue weighted by atomic mass is 9.97. The van der Waals surface area contributed by atoms with E-state index in [0.717, 1.165) is 50.6 Å². The third kappa shape index (κ3) is 4.72. The Morgan fingerprint density at radius 1 is 1.35 bits per heavy atom. The molecule has 1 fully saturated rings. The SMILES string of the molecule is CCCN(Cc1ccc(Cl)c(F)c1)CC1CCNCC1. The van der Waals surface area contributed by atoms with E-state index in [0.29, 0.717) is 0 Å². The standard InChI is InChI=1S/C16H24ClFN2/c1-2-9-20(11-13-5-7-19-8-6-13)12-14-3-4-15(17)16(18)10-14/h3-4,10,13,19H,2,5-9,11-12H2,1H3. The molecule has 1 heterocycles. The van der Waals surface area contributed by atoms with Crippen LogP contribution in [0.4, 0.5) is 4.39 Å². The lowest BCUT2D eigenvalue weighted by Crippen LogP contribution is -2.36. The quantitative estimate of drug-likeness (QED) is 0.861. The highest BCUT2D eigenvalue weighted by Crippen LogP contribution is 2.19. The molecule has 1 N–H and O–H groups in total. The maximum absolute atomic E-state index is 13.5. The highest BCUT2D eigenvalue weighted by atomic mass is 35.5. The van der Waals surface area contributed by atoms with Gasteiger partial charge in [0.15, 0.2) is 0 Å². The number of rotatable bonds is 6. The summed E-state index contributed by atoms with van der Waals surface area (Å²) in [6, 6.07) is 5.14. The fraction of sp³-hybridized carbons (Fsp3) is 0.625. The van der Waals surface area contributed by atoms with Crippen LogP contribution < -0.4 is 5.32 Å².